The molecule has 1 aliphatic heterocycles. The minimum atomic E-state index is -0.274. The normalized spacial score (nSPS) is 22.8. The van der Waals surface area contributed by atoms with E-state index >= 15 is 0 Å². The minimum Gasteiger partial charge on any atom is -0.394 e. The van der Waals surface area contributed by atoms with Gasteiger partial charge in [0.05, 0.1) is 19.1 Å². The van der Waals surface area contributed by atoms with Crippen LogP contribution in [0.25, 0.3) is 0 Å². The number of likely N-dealkylation sites (N-methyl/N-ethyl adjacent to an activating group) is 1. The summed E-state index contributed by atoms with van der Waals surface area (Å²) in [6.45, 7) is 6.34. The van der Waals surface area contributed by atoms with E-state index in [1.54, 1.807) is 9.58 Å². The van der Waals surface area contributed by atoms with Gasteiger partial charge < -0.3 is 10.0 Å². The molecule has 18 heavy (non-hydrogen) atoms. The number of amides is 1. The zero-order chi connectivity index (χ0) is 13.5. The molecule has 2 heterocycles. The summed E-state index contributed by atoms with van der Waals surface area (Å²) < 4.78 is 1.72. The number of aliphatic hydroxyl groups is 1. The Morgan fingerprint density at radius 2 is 2.17 bits per heavy atom. The molecule has 1 N–H and O–H groups in total. The van der Waals surface area contributed by atoms with Crippen LogP contribution in [0, 0.1) is 6.92 Å². The Balaban J connectivity index is 2.40. The van der Waals surface area contributed by atoms with Crippen molar-refractivity contribution in [3.8, 4) is 0 Å². The van der Waals surface area contributed by atoms with E-state index in [0.29, 0.717) is 18.8 Å². The lowest BCUT2D eigenvalue weighted by Crippen LogP contribution is -2.41. The third kappa shape index (κ3) is 1.90. The van der Waals surface area contributed by atoms with E-state index in [4.69, 9.17) is 5.11 Å². The number of hydrogen-bond donors (Lipinski definition) is 1. The molecule has 0 bridgehead atoms. The van der Waals surface area contributed by atoms with E-state index in [9.17, 15) is 4.79 Å². The Labute approximate surface area is 107 Å². The third-order valence-corrected chi connectivity index (χ3v) is 3.90. The quantitative estimate of drug-likeness (QED) is 0.840. The summed E-state index contributed by atoms with van der Waals surface area (Å²) in [5, 5.41) is 13.3. The molecule has 0 saturated carbocycles. The van der Waals surface area contributed by atoms with Crippen molar-refractivity contribution in [1.29, 1.82) is 0 Å². The Morgan fingerprint density at radius 3 is 2.67 bits per heavy atom. The van der Waals surface area contributed by atoms with Gasteiger partial charge in [-0.25, -0.2) is 9.67 Å². The molecule has 6 nitrogen and oxygen atoms in total. The fourth-order valence-electron chi connectivity index (χ4n) is 2.51. The summed E-state index contributed by atoms with van der Waals surface area (Å²) in [5.41, 5.74) is -0.274. The maximum Gasteiger partial charge on any atom is 0.223 e. The first-order valence-corrected chi connectivity index (χ1v) is 6.16. The monoisotopic (exact) mass is 252 g/mol. The van der Waals surface area contributed by atoms with Gasteiger partial charge in [0.2, 0.25) is 5.91 Å². The van der Waals surface area contributed by atoms with Crippen LogP contribution in [-0.4, -0.2) is 49.9 Å². The van der Waals surface area contributed by atoms with Crippen LogP contribution in [-0.2, 0) is 11.3 Å². The molecule has 1 fully saturated rings. The molecule has 1 aromatic heterocycles. The summed E-state index contributed by atoms with van der Waals surface area (Å²) in [4.78, 5) is 18.1. The van der Waals surface area contributed by atoms with E-state index in [-0.39, 0.29) is 24.0 Å². The molecule has 2 rings (SSSR count). The third-order valence-electron chi connectivity index (χ3n) is 3.90. The highest BCUT2D eigenvalue weighted by molar-refractivity contribution is 5.80. The summed E-state index contributed by atoms with van der Waals surface area (Å²) in [5.74, 6) is 1.62. The summed E-state index contributed by atoms with van der Waals surface area (Å²) in [6, 6.07) is 0. The maximum atomic E-state index is 11.9. The van der Waals surface area contributed by atoms with Gasteiger partial charge in [-0.15, -0.1) is 0 Å². The average molecular weight is 252 g/mol. The van der Waals surface area contributed by atoms with Crippen LogP contribution in [0.4, 0.5) is 0 Å². The molecule has 1 saturated heterocycles. The Bertz CT molecular complexity index is 467. The van der Waals surface area contributed by atoms with Gasteiger partial charge >= 0.3 is 0 Å². The number of carbonyl (C=O) groups excluding carboxylic acids is 1. The second kappa shape index (κ2) is 4.35. The zero-order valence-corrected chi connectivity index (χ0v) is 11.3. The molecule has 1 aromatic rings. The number of likely N-dealkylation sites (tertiary alicyclic amines) is 1. The molecule has 0 radical (unpaired) electrons. The van der Waals surface area contributed by atoms with Crippen molar-refractivity contribution in [1.82, 2.24) is 19.7 Å². The van der Waals surface area contributed by atoms with Crippen molar-refractivity contribution in [3.05, 3.63) is 11.6 Å². The SMILES string of the molecule is Cc1nc(C2CC(=O)N(C)C2(C)C)n(CCO)n1. The highest BCUT2D eigenvalue weighted by atomic mass is 16.3. The Hall–Kier alpha value is -1.43. The molecule has 1 amide bonds. The largest absolute Gasteiger partial charge is 0.394 e. The van der Waals surface area contributed by atoms with Crippen molar-refractivity contribution in [2.45, 2.75) is 45.2 Å². The smallest absolute Gasteiger partial charge is 0.223 e. The van der Waals surface area contributed by atoms with Crippen LogP contribution in [0.5, 0.6) is 0 Å². The lowest BCUT2D eigenvalue weighted by molar-refractivity contribution is -0.128. The fourth-order valence-corrected chi connectivity index (χ4v) is 2.51. The van der Waals surface area contributed by atoms with Crippen LogP contribution in [0.1, 0.15) is 37.8 Å². The minimum absolute atomic E-state index is 0.0164. The molecule has 1 atom stereocenters. The number of aromatic nitrogens is 3. The zero-order valence-electron chi connectivity index (χ0n) is 11.3. The Morgan fingerprint density at radius 1 is 1.50 bits per heavy atom. The molecular weight excluding hydrogens is 232 g/mol. The molecule has 100 valence electrons. The number of aryl methyl sites for hydroxylation is 1. The molecule has 1 unspecified atom stereocenters. The first-order valence-electron chi connectivity index (χ1n) is 6.16. The van der Waals surface area contributed by atoms with E-state index < -0.39 is 0 Å². The van der Waals surface area contributed by atoms with E-state index in [2.05, 4.69) is 10.1 Å². The lowest BCUT2D eigenvalue weighted by atomic mass is 9.88. The van der Waals surface area contributed by atoms with Crippen molar-refractivity contribution in [2.24, 2.45) is 0 Å². The van der Waals surface area contributed by atoms with Gasteiger partial charge in [-0.2, -0.15) is 5.10 Å². The van der Waals surface area contributed by atoms with Crippen molar-refractivity contribution in [3.63, 3.8) is 0 Å². The molecule has 0 aromatic carbocycles. The lowest BCUT2D eigenvalue weighted by Gasteiger charge is -2.32. The van der Waals surface area contributed by atoms with Gasteiger partial charge in [-0.3, -0.25) is 4.79 Å². The van der Waals surface area contributed by atoms with Gasteiger partial charge in [0.1, 0.15) is 11.6 Å². The van der Waals surface area contributed by atoms with Gasteiger partial charge in [-0.1, -0.05) is 0 Å². The van der Waals surface area contributed by atoms with Crippen LogP contribution in [0.15, 0.2) is 0 Å². The van der Waals surface area contributed by atoms with Crippen LogP contribution < -0.4 is 0 Å². The van der Waals surface area contributed by atoms with E-state index in [0.717, 1.165) is 5.82 Å². The average Bonchev–Trinajstić information content (AvgIpc) is 2.73. The molecular formula is C12H20N4O2. The number of nitrogens with zero attached hydrogens (tertiary/aromatic N) is 4. The number of rotatable bonds is 3. The van der Waals surface area contributed by atoms with E-state index in [1.165, 1.54) is 0 Å². The summed E-state index contributed by atoms with van der Waals surface area (Å²) in [7, 11) is 1.82. The highest BCUT2D eigenvalue weighted by Crippen LogP contribution is 2.40. The predicted molar refractivity (Wildman–Crippen MR) is 66.1 cm³/mol. The topological polar surface area (TPSA) is 71.2 Å². The van der Waals surface area contributed by atoms with Crippen LogP contribution in [0.3, 0.4) is 0 Å². The van der Waals surface area contributed by atoms with Crippen molar-refractivity contribution < 1.29 is 9.90 Å². The predicted octanol–water partition coefficient (Wildman–Crippen LogP) is 0.303. The summed E-state index contributed by atoms with van der Waals surface area (Å²) in [6.07, 6.45) is 0.451. The first kappa shape index (κ1) is 13.0. The van der Waals surface area contributed by atoms with Gasteiger partial charge in [0.15, 0.2) is 0 Å². The number of aliphatic hydroxyl groups excluding tert-OH is 1. The molecule has 6 heteroatoms. The van der Waals surface area contributed by atoms with E-state index in [1.807, 2.05) is 27.8 Å². The standard InChI is InChI=1S/C12H20N4O2/c1-8-13-11(16(14-8)5-6-17)9-7-10(18)15(4)12(9,2)3/h9,17H,5-7H2,1-4H3. The number of hydrogen-bond acceptors (Lipinski definition) is 4. The molecule has 1 aliphatic rings. The summed E-state index contributed by atoms with van der Waals surface area (Å²) >= 11 is 0. The van der Waals surface area contributed by atoms with Gasteiger partial charge in [0, 0.05) is 19.0 Å². The molecule has 0 spiro atoms. The van der Waals surface area contributed by atoms with Crippen LogP contribution >= 0.6 is 0 Å². The number of carbonyl (C=O) groups is 1. The highest BCUT2D eigenvalue weighted by Gasteiger charge is 2.47. The van der Waals surface area contributed by atoms with Crippen molar-refractivity contribution in [2.75, 3.05) is 13.7 Å². The maximum absolute atomic E-state index is 11.9. The van der Waals surface area contributed by atoms with Crippen LogP contribution in [0.2, 0.25) is 0 Å². The molecule has 0 aliphatic carbocycles. The first-order chi connectivity index (χ1) is 8.37. The Kier molecular flexibility index (Phi) is 3.14. The second-order valence-electron chi connectivity index (χ2n) is 5.33. The van der Waals surface area contributed by atoms with Crippen molar-refractivity contribution >= 4 is 5.91 Å². The van der Waals surface area contributed by atoms with Gasteiger partial charge in [0.25, 0.3) is 0 Å². The fraction of sp³-hybridized carbons (Fsp3) is 0.750. The second-order valence-corrected chi connectivity index (χ2v) is 5.33. The van der Waals surface area contributed by atoms with Gasteiger partial charge in [-0.05, 0) is 20.8 Å².